The van der Waals surface area contributed by atoms with Gasteiger partial charge in [-0.05, 0) is 43.5 Å². The minimum Gasteiger partial charge on any atom is -0.485 e. The standard InChI is InChI=1S/C19H27N3O3/c1-14-20-19(21-25-14)13-24-17-9-7-15(8-10-17)11-22(2)12-16-5-3-4-6-18(16)23/h7-10,16,18,23H,3-6,11-13H2,1-2H3. The Hall–Kier alpha value is -1.92. The van der Waals surface area contributed by atoms with Crippen LogP contribution in [0.1, 0.15) is 43.0 Å². The largest absolute Gasteiger partial charge is 0.485 e. The van der Waals surface area contributed by atoms with Crippen LogP contribution in [0.15, 0.2) is 28.8 Å². The normalized spacial score (nSPS) is 20.8. The van der Waals surface area contributed by atoms with Crippen molar-refractivity contribution in [1.82, 2.24) is 15.0 Å². The lowest BCUT2D eigenvalue weighted by atomic mass is 9.86. The molecule has 2 unspecified atom stereocenters. The molecule has 1 aliphatic rings. The van der Waals surface area contributed by atoms with Crippen molar-refractivity contribution < 1.29 is 14.4 Å². The zero-order valence-electron chi connectivity index (χ0n) is 15.0. The molecule has 1 heterocycles. The second-order valence-corrected chi connectivity index (χ2v) is 6.97. The fraction of sp³-hybridized carbons (Fsp3) is 0.579. The van der Waals surface area contributed by atoms with Gasteiger partial charge in [0, 0.05) is 20.0 Å². The molecule has 3 rings (SSSR count). The van der Waals surface area contributed by atoms with Crippen LogP contribution in [0.25, 0.3) is 0 Å². The Bertz CT molecular complexity index is 656. The number of aliphatic hydroxyl groups excluding tert-OH is 1. The topological polar surface area (TPSA) is 71.6 Å². The number of ether oxygens (including phenoxy) is 1. The molecule has 1 aliphatic carbocycles. The molecule has 0 spiro atoms. The van der Waals surface area contributed by atoms with Gasteiger partial charge in [-0.2, -0.15) is 4.98 Å². The number of aliphatic hydroxyl groups is 1. The first-order valence-corrected chi connectivity index (χ1v) is 8.97. The van der Waals surface area contributed by atoms with Crippen LogP contribution in [0.5, 0.6) is 5.75 Å². The van der Waals surface area contributed by atoms with Crippen LogP contribution in [0.4, 0.5) is 0 Å². The van der Waals surface area contributed by atoms with E-state index in [1.165, 1.54) is 12.0 Å². The fourth-order valence-electron chi connectivity index (χ4n) is 3.42. The summed E-state index contributed by atoms with van der Waals surface area (Å²) in [6.45, 7) is 3.87. The van der Waals surface area contributed by atoms with Crippen LogP contribution >= 0.6 is 0 Å². The van der Waals surface area contributed by atoms with Crippen molar-refractivity contribution in [2.75, 3.05) is 13.6 Å². The molecule has 1 aromatic heterocycles. The van der Waals surface area contributed by atoms with E-state index in [2.05, 4.69) is 34.2 Å². The van der Waals surface area contributed by atoms with Crippen LogP contribution in [0.2, 0.25) is 0 Å². The molecule has 1 fully saturated rings. The molecule has 0 saturated heterocycles. The lowest BCUT2D eigenvalue weighted by Gasteiger charge is -2.31. The molecular formula is C19H27N3O3. The van der Waals surface area contributed by atoms with E-state index in [9.17, 15) is 5.11 Å². The summed E-state index contributed by atoms with van der Waals surface area (Å²) in [7, 11) is 2.12. The Morgan fingerprint density at radius 1 is 1.24 bits per heavy atom. The van der Waals surface area contributed by atoms with Crippen molar-refractivity contribution in [3.63, 3.8) is 0 Å². The molecule has 0 amide bonds. The number of aryl methyl sites for hydroxylation is 1. The summed E-state index contributed by atoms with van der Waals surface area (Å²) < 4.78 is 10.6. The predicted molar refractivity (Wildman–Crippen MR) is 94.1 cm³/mol. The molecule has 6 nitrogen and oxygen atoms in total. The van der Waals surface area contributed by atoms with E-state index < -0.39 is 0 Å². The van der Waals surface area contributed by atoms with E-state index in [4.69, 9.17) is 9.26 Å². The van der Waals surface area contributed by atoms with Gasteiger partial charge in [-0.3, -0.25) is 0 Å². The summed E-state index contributed by atoms with van der Waals surface area (Å²) in [5.74, 6) is 2.28. The van der Waals surface area contributed by atoms with Gasteiger partial charge in [0.2, 0.25) is 11.7 Å². The summed E-state index contributed by atoms with van der Waals surface area (Å²) in [4.78, 5) is 6.40. The third-order valence-corrected chi connectivity index (χ3v) is 4.73. The van der Waals surface area contributed by atoms with E-state index in [-0.39, 0.29) is 6.10 Å². The zero-order valence-corrected chi connectivity index (χ0v) is 15.0. The highest BCUT2D eigenvalue weighted by molar-refractivity contribution is 5.27. The number of hydrogen-bond donors (Lipinski definition) is 1. The molecule has 1 N–H and O–H groups in total. The molecule has 1 aromatic carbocycles. The quantitative estimate of drug-likeness (QED) is 0.832. The number of rotatable bonds is 7. The minimum atomic E-state index is -0.138. The first-order chi connectivity index (χ1) is 12.1. The second-order valence-electron chi connectivity index (χ2n) is 6.97. The molecule has 136 valence electrons. The number of hydrogen-bond acceptors (Lipinski definition) is 6. The van der Waals surface area contributed by atoms with Gasteiger partial charge in [0.15, 0.2) is 6.61 Å². The molecule has 0 radical (unpaired) electrons. The van der Waals surface area contributed by atoms with E-state index in [1.807, 2.05) is 12.1 Å². The van der Waals surface area contributed by atoms with Crippen molar-refractivity contribution in [3.8, 4) is 5.75 Å². The van der Waals surface area contributed by atoms with Gasteiger partial charge in [-0.25, -0.2) is 0 Å². The predicted octanol–water partition coefficient (Wildman–Crippen LogP) is 2.94. The van der Waals surface area contributed by atoms with Crippen LogP contribution in [-0.4, -0.2) is 39.8 Å². The van der Waals surface area contributed by atoms with Gasteiger partial charge in [-0.15, -0.1) is 0 Å². The van der Waals surface area contributed by atoms with Gasteiger partial charge in [0.05, 0.1) is 6.10 Å². The number of aromatic nitrogens is 2. The first-order valence-electron chi connectivity index (χ1n) is 8.97. The van der Waals surface area contributed by atoms with E-state index in [0.717, 1.165) is 38.1 Å². The maximum Gasteiger partial charge on any atom is 0.223 e. The van der Waals surface area contributed by atoms with E-state index >= 15 is 0 Å². The van der Waals surface area contributed by atoms with Crippen LogP contribution in [0.3, 0.4) is 0 Å². The van der Waals surface area contributed by atoms with Crippen molar-refractivity contribution in [1.29, 1.82) is 0 Å². The molecular weight excluding hydrogens is 318 g/mol. The number of benzene rings is 1. The summed E-state index contributed by atoms with van der Waals surface area (Å²) in [6, 6.07) is 8.08. The van der Waals surface area contributed by atoms with Crippen molar-refractivity contribution in [3.05, 3.63) is 41.5 Å². The Balaban J connectivity index is 1.46. The number of nitrogens with zero attached hydrogens (tertiary/aromatic N) is 3. The SMILES string of the molecule is Cc1nc(COc2ccc(CN(C)CC3CCCCC3O)cc2)no1. The van der Waals surface area contributed by atoms with Gasteiger partial charge in [0.25, 0.3) is 0 Å². The van der Waals surface area contributed by atoms with Gasteiger partial charge >= 0.3 is 0 Å². The molecule has 6 heteroatoms. The van der Waals surface area contributed by atoms with Crippen molar-refractivity contribution in [2.24, 2.45) is 5.92 Å². The third-order valence-electron chi connectivity index (χ3n) is 4.73. The van der Waals surface area contributed by atoms with Crippen molar-refractivity contribution in [2.45, 2.75) is 51.9 Å². The summed E-state index contributed by atoms with van der Waals surface area (Å²) in [5, 5.41) is 13.9. The average Bonchev–Trinajstić information content (AvgIpc) is 3.02. The maximum atomic E-state index is 10.1. The van der Waals surface area contributed by atoms with Gasteiger partial charge < -0.3 is 19.3 Å². The lowest BCUT2D eigenvalue weighted by Crippen LogP contribution is -2.34. The smallest absolute Gasteiger partial charge is 0.223 e. The molecule has 1 saturated carbocycles. The Morgan fingerprint density at radius 3 is 2.68 bits per heavy atom. The molecule has 2 aromatic rings. The van der Waals surface area contributed by atoms with Crippen LogP contribution in [0, 0.1) is 12.8 Å². The van der Waals surface area contributed by atoms with Crippen molar-refractivity contribution >= 4 is 0 Å². The van der Waals surface area contributed by atoms with Gasteiger partial charge in [-0.1, -0.05) is 30.1 Å². The molecule has 0 bridgehead atoms. The highest BCUT2D eigenvalue weighted by Crippen LogP contribution is 2.25. The maximum absolute atomic E-state index is 10.1. The highest BCUT2D eigenvalue weighted by Gasteiger charge is 2.24. The average molecular weight is 345 g/mol. The summed E-state index contributed by atoms with van der Waals surface area (Å²) in [5.41, 5.74) is 1.23. The highest BCUT2D eigenvalue weighted by atomic mass is 16.5. The first kappa shape index (κ1) is 17.9. The van der Waals surface area contributed by atoms with E-state index in [1.54, 1.807) is 6.92 Å². The zero-order chi connectivity index (χ0) is 17.6. The van der Waals surface area contributed by atoms with Gasteiger partial charge in [0.1, 0.15) is 5.75 Å². The second kappa shape index (κ2) is 8.45. The Morgan fingerprint density at radius 2 is 2.00 bits per heavy atom. The Labute approximate surface area is 148 Å². The minimum absolute atomic E-state index is 0.138. The molecule has 0 aliphatic heterocycles. The Kier molecular flexibility index (Phi) is 6.04. The fourth-order valence-corrected chi connectivity index (χ4v) is 3.42. The monoisotopic (exact) mass is 345 g/mol. The summed E-state index contributed by atoms with van der Waals surface area (Å²) >= 11 is 0. The van der Waals surface area contributed by atoms with E-state index in [0.29, 0.717) is 24.2 Å². The molecule has 25 heavy (non-hydrogen) atoms. The summed E-state index contributed by atoms with van der Waals surface area (Å²) in [6.07, 6.45) is 4.34. The third kappa shape index (κ3) is 5.28. The van der Waals surface area contributed by atoms with Crippen LogP contribution in [-0.2, 0) is 13.2 Å². The lowest BCUT2D eigenvalue weighted by molar-refractivity contribution is 0.0502. The van der Waals surface area contributed by atoms with Crippen LogP contribution < -0.4 is 4.74 Å². The molecule has 2 atom stereocenters.